The second-order valence-corrected chi connectivity index (χ2v) is 8.52. The molecule has 1 N–H and O–H groups in total. The van der Waals surface area contributed by atoms with Crippen LogP contribution in [-0.4, -0.2) is 46.6 Å². The number of methoxy groups -OCH3 is 1. The van der Waals surface area contributed by atoms with Crippen molar-refractivity contribution < 1.29 is 14.3 Å². The van der Waals surface area contributed by atoms with E-state index in [9.17, 15) is 9.59 Å². The molecule has 0 saturated carbocycles. The van der Waals surface area contributed by atoms with Crippen LogP contribution in [0.15, 0.2) is 24.3 Å². The molecule has 2 amide bonds. The van der Waals surface area contributed by atoms with Crippen LogP contribution in [0.3, 0.4) is 0 Å². The van der Waals surface area contributed by atoms with Gasteiger partial charge < -0.3 is 9.64 Å². The summed E-state index contributed by atoms with van der Waals surface area (Å²) in [6.45, 7) is 6.22. The average Bonchev–Trinajstić information content (AvgIpc) is 3.29. The maximum absolute atomic E-state index is 12.7. The van der Waals surface area contributed by atoms with Gasteiger partial charge >= 0.3 is 0 Å². The van der Waals surface area contributed by atoms with E-state index in [0.29, 0.717) is 23.1 Å². The number of aromatic nitrogens is 2. The summed E-state index contributed by atoms with van der Waals surface area (Å²) in [5.74, 6) is 0.517. The lowest BCUT2D eigenvalue weighted by Crippen LogP contribution is -2.47. The van der Waals surface area contributed by atoms with E-state index in [-0.39, 0.29) is 11.8 Å². The van der Waals surface area contributed by atoms with E-state index < -0.39 is 11.5 Å². The number of rotatable bonds is 4. The molecule has 1 saturated heterocycles. The zero-order valence-corrected chi connectivity index (χ0v) is 16.8. The van der Waals surface area contributed by atoms with Crippen LogP contribution in [0.2, 0.25) is 0 Å². The van der Waals surface area contributed by atoms with E-state index in [4.69, 9.17) is 4.74 Å². The summed E-state index contributed by atoms with van der Waals surface area (Å²) in [7, 11) is 1.61. The van der Waals surface area contributed by atoms with Gasteiger partial charge in [-0.15, -0.1) is 10.2 Å². The Balaban J connectivity index is 1.71. The Labute approximate surface area is 162 Å². The average molecular weight is 388 g/mol. The van der Waals surface area contributed by atoms with Crippen LogP contribution in [0, 0.1) is 5.41 Å². The highest BCUT2D eigenvalue weighted by Gasteiger charge is 2.38. The van der Waals surface area contributed by atoms with Crippen molar-refractivity contribution in [2.45, 2.75) is 39.7 Å². The molecule has 7 nitrogen and oxygen atoms in total. The Bertz CT molecular complexity index is 843. The quantitative estimate of drug-likeness (QED) is 0.869. The minimum absolute atomic E-state index is 0.00511. The fourth-order valence-corrected chi connectivity index (χ4v) is 3.79. The number of likely N-dealkylation sites (tertiary alicyclic amines) is 1. The Kier molecular flexibility index (Phi) is 5.46. The first kappa shape index (κ1) is 19.3. The lowest BCUT2D eigenvalue weighted by Gasteiger charge is -2.29. The molecule has 3 rings (SSSR count). The highest BCUT2D eigenvalue weighted by Crippen LogP contribution is 2.30. The summed E-state index contributed by atoms with van der Waals surface area (Å²) in [5, 5.41) is 12.2. The molecule has 1 fully saturated rings. The summed E-state index contributed by atoms with van der Waals surface area (Å²) in [6.07, 6.45) is 1.49. The minimum atomic E-state index is -0.509. The van der Waals surface area contributed by atoms with Gasteiger partial charge in [0.2, 0.25) is 16.9 Å². The molecule has 2 heterocycles. The van der Waals surface area contributed by atoms with E-state index in [2.05, 4.69) is 15.5 Å². The summed E-state index contributed by atoms with van der Waals surface area (Å²) >= 11 is 1.29. The Morgan fingerprint density at radius 3 is 2.78 bits per heavy atom. The van der Waals surface area contributed by atoms with Crippen LogP contribution in [0.5, 0.6) is 5.75 Å². The van der Waals surface area contributed by atoms with Crippen LogP contribution in [-0.2, 0) is 9.59 Å². The van der Waals surface area contributed by atoms with Crippen LogP contribution in [0.4, 0.5) is 5.13 Å². The van der Waals surface area contributed by atoms with E-state index in [1.165, 1.54) is 11.3 Å². The van der Waals surface area contributed by atoms with E-state index in [0.717, 1.165) is 17.7 Å². The number of anilines is 1. The molecule has 1 aromatic heterocycles. The zero-order valence-electron chi connectivity index (χ0n) is 16.0. The van der Waals surface area contributed by atoms with Gasteiger partial charge in [-0.05, 0) is 25.0 Å². The normalized spacial score (nSPS) is 17.0. The number of nitrogens with zero attached hydrogens (tertiary/aromatic N) is 3. The van der Waals surface area contributed by atoms with Crippen molar-refractivity contribution >= 4 is 28.3 Å². The highest BCUT2D eigenvalue weighted by molar-refractivity contribution is 7.18. The highest BCUT2D eigenvalue weighted by atomic mass is 32.1. The SMILES string of the molecule is COc1cccc(-c2nnc(NC(=O)C3CCCN3C(=O)C(C)(C)C)s2)c1. The van der Waals surface area contributed by atoms with Crippen molar-refractivity contribution in [3.05, 3.63) is 24.3 Å². The first-order valence-corrected chi connectivity index (χ1v) is 9.71. The number of benzene rings is 1. The van der Waals surface area contributed by atoms with E-state index >= 15 is 0 Å². The van der Waals surface area contributed by atoms with E-state index in [1.54, 1.807) is 12.0 Å². The molecule has 0 aliphatic carbocycles. The molecule has 1 aliphatic rings. The number of ether oxygens (including phenoxy) is 1. The van der Waals surface area contributed by atoms with Gasteiger partial charge in [-0.1, -0.05) is 44.2 Å². The number of carbonyl (C=O) groups excluding carboxylic acids is 2. The van der Waals surface area contributed by atoms with Gasteiger partial charge in [0.15, 0.2) is 0 Å². The summed E-state index contributed by atoms with van der Waals surface area (Å²) < 4.78 is 5.23. The number of hydrogen-bond acceptors (Lipinski definition) is 6. The minimum Gasteiger partial charge on any atom is -0.497 e. The molecule has 0 radical (unpaired) electrons. The molecule has 1 aromatic carbocycles. The van der Waals surface area contributed by atoms with Gasteiger partial charge in [0, 0.05) is 17.5 Å². The van der Waals surface area contributed by atoms with Gasteiger partial charge in [-0.2, -0.15) is 0 Å². The zero-order chi connectivity index (χ0) is 19.6. The molecular formula is C19H24N4O3S. The van der Waals surface area contributed by atoms with Crippen LogP contribution in [0.25, 0.3) is 10.6 Å². The molecule has 0 spiro atoms. The second-order valence-electron chi connectivity index (χ2n) is 7.54. The smallest absolute Gasteiger partial charge is 0.249 e. The van der Waals surface area contributed by atoms with Crippen LogP contribution >= 0.6 is 11.3 Å². The van der Waals surface area contributed by atoms with Crippen LogP contribution < -0.4 is 10.1 Å². The number of amides is 2. The third-order valence-corrected chi connectivity index (χ3v) is 5.32. The van der Waals surface area contributed by atoms with Gasteiger partial charge in [0.1, 0.15) is 16.8 Å². The first-order chi connectivity index (χ1) is 12.8. The van der Waals surface area contributed by atoms with Crippen molar-refractivity contribution in [1.29, 1.82) is 0 Å². The molecule has 144 valence electrons. The fraction of sp³-hybridized carbons (Fsp3) is 0.474. The predicted molar refractivity (Wildman–Crippen MR) is 105 cm³/mol. The fourth-order valence-electron chi connectivity index (χ4n) is 3.05. The molecule has 0 bridgehead atoms. The molecular weight excluding hydrogens is 364 g/mol. The van der Waals surface area contributed by atoms with E-state index in [1.807, 2.05) is 45.0 Å². The third-order valence-electron chi connectivity index (χ3n) is 4.43. The number of hydrogen-bond donors (Lipinski definition) is 1. The lowest BCUT2D eigenvalue weighted by atomic mass is 9.94. The summed E-state index contributed by atoms with van der Waals surface area (Å²) in [4.78, 5) is 27.0. The standard InChI is InChI=1S/C19H24N4O3S/c1-19(2,3)17(25)23-10-6-9-14(23)15(24)20-18-22-21-16(27-18)12-7-5-8-13(11-12)26-4/h5,7-8,11,14H,6,9-10H2,1-4H3,(H,20,22,24). The topological polar surface area (TPSA) is 84.4 Å². The van der Waals surface area contributed by atoms with Crippen molar-refractivity contribution in [3.63, 3.8) is 0 Å². The molecule has 2 aromatic rings. The Morgan fingerprint density at radius 1 is 1.30 bits per heavy atom. The Hall–Kier alpha value is -2.48. The first-order valence-electron chi connectivity index (χ1n) is 8.89. The maximum atomic E-state index is 12.7. The van der Waals surface area contributed by atoms with Gasteiger partial charge in [0.25, 0.3) is 0 Å². The third kappa shape index (κ3) is 4.27. The summed E-state index contributed by atoms with van der Waals surface area (Å²) in [6, 6.07) is 7.06. The van der Waals surface area contributed by atoms with Crippen LogP contribution in [0.1, 0.15) is 33.6 Å². The molecule has 1 atom stereocenters. The van der Waals surface area contributed by atoms with Gasteiger partial charge in [-0.3, -0.25) is 14.9 Å². The number of carbonyl (C=O) groups is 2. The molecule has 27 heavy (non-hydrogen) atoms. The van der Waals surface area contributed by atoms with Crippen molar-refractivity contribution in [2.75, 3.05) is 19.0 Å². The molecule has 8 heteroatoms. The second kappa shape index (κ2) is 7.64. The largest absolute Gasteiger partial charge is 0.497 e. The summed E-state index contributed by atoms with van der Waals surface area (Å²) in [5.41, 5.74) is 0.364. The van der Waals surface area contributed by atoms with Crippen molar-refractivity contribution in [3.8, 4) is 16.3 Å². The maximum Gasteiger partial charge on any atom is 0.249 e. The van der Waals surface area contributed by atoms with Crippen molar-refractivity contribution in [2.24, 2.45) is 5.41 Å². The van der Waals surface area contributed by atoms with Gasteiger partial charge in [-0.25, -0.2) is 0 Å². The van der Waals surface area contributed by atoms with Gasteiger partial charge in [0.05, 0.1) is 7.11 Å². The molecule has 1 unspecified atom stereocenters. The monoisotopic (exact) mass is 388 g/mol. The predicted octanol–water partition coefficient (Wildman–Crippen LogP) is 3.19. The molecule has 1 aliphatic heterocycles. The van der Waals surface area contributed by atoms with Crippen molar-refractivity contribution in [1.82, 2.24) is 15.1 Å². The Morgan fingerprint density at radius 2 is 2.07 bits per heavy atom. The number of nitrogens with one attached hydrogen (secondary N) is 1. The lowest BCUT2D eigenvalue weighted by molar-refractivity contribution is -0.143.